The Morgan fingerprint density at radius 3 is 1.36 bits per heavy atom. The molecule has 0 aromatic rings. The normalized spacial score (nSPS) is 39.3. The summed E-state index contributed by atoms with van der Waals surface area (Å²) in [5, 5.41) is 0. The largest absolute Gasteiger partial charge is 1.00 e. The second-order valence-electron chi connectivity index (χ2n) is 10.4. The molecular formula is C25H36Cl2Zr. The van der Waals surface area contributed by atoms with Gasteiger partial charge in [0, 0.05) is 0 Å². The Morgan fingerprint density at radius 1 is 0.607 bits per heavy atom. The molecule has 3 fully saturated rings. The topological polar surface area (TPSA) is 0 Å². The maximum atomic E-state index is 2.49. The van der Waals surface area contributed by atoms with Gasteiger partial charge in [0.25, 0.3) is 0 Å². The summed E-state index contributed by atoms with van der Waals surface area (Å²) in [4.78, 5) is 0. The van der Waals surface area contributed by atoms with E-state index in [0.29, 0.717) is 0 Å². The van der Waals surface area contributed by atoms with Crippen LogP contribution < -0.4 is 24.8 Å². The molecule has 6 unspecified atom stereocenters. The summed E-state index contributed by atoms with van der Waals surface area (Å²) >= 11 is -2.11. The Hall–Kier alpha value is 0.423. The smallest absolute Gasteiger partial charge is 1.00 e. The van der Waals surface area contributed by atoms with Crippen molar-refractivity contribution in [3.05, 3.63) is 46.6 Å². The zero-order valence-corrected chi connectivity index (χ0v) is 21.9. The fourth-order valence-corrected chi connectivity index (χ4v) is 25.6. The minimum atomic E-state index is -2.11. The van der Waals surface area contributed by atoms with Crippen LogP contribution in [-0.4, -0.2) is 0 Å². The zero-order valence-electron chi connectivity index (χ0n) is 18.0. The molecule has 1 aliphatic heterocycles. The standard InChI is InChI=1S/2C11H15.C3H6.2ClH.Zr/c2*1-8-6-7-9(2)11-5-3-4-10(8)11;1-3-2;;;/h2*4,6-7,10-11H,3,5H2,1-2H3;1-3H2;2*1H;/q;;;;;+2/p-2. The summed E-state index contributed by atoms with van der Waals surface area (Å²) in [6, 6.07) is 0. The number of hydrogen-bond donors (Lipinski definition) is 0. The third-order valence-corrected chi connectivity index (χ3v) is 26.3. The van der Waals surface area contributed by atoms with E-state index in [-0.39, 0.29) is 24.8 Å². The van der Waals surface area contributed by atoms with Gasteiger partial charge in [-0.2, -0.15) is 0 Å². The van der Waals surface area contributed by atoms with E-state index in [4.69, 9.17) is 0 Å². The average molecular weight is 499 g/mol. The molecule has 5 rings (SSSR count). The molecule has 0 bridgehead atoms. The molecule has 28 heavy (non-hydrogen) atoms. The van der Waals surface area contributed by atoms with Gasteiger partial charge in [-0.1, -0.05) is 0 Å². The summed E-state index contributed by atoms with van der Waals surface area (Å²) in [5.74, 6) is 3.70. The molecular weight excluding hydrogens is 462 g/mol. The molecule has 0 radical (unpaired) electrons. The second-order valence-corrected chi connectivity index (χ2v) is 22.5. The van der Waals surface area contributed by atoms with E-state index in [0.717, 1.165) is 30.9 Å². The van der Waals surface area contributed by atoms with E-state index >= 15 is 0 Å². The van der Waals surface area contributed by atoms with Gasteiger partial charge >= 0.3 is 166 Å². The molecule has 0 N–H and O–H groups in total. The quantitative estimate of drug-likeness (QED) is 0.545. The first kappa shape index (κ1) is 23.1. The molecule has 0 nitrogen and oxygen atoms in total. The number of halogens is 2. The average Bonchev–Trinajstić information content (AvgIpc) is 3.21. The van der Waals surface area contributed by atoms with Gasteiger partial charge in [-0.15, -0.1) is 0 Å². The van der Waals surface area contributed by atoms with Crippen LogP contribution in [0.2, 0.25) is 15.5 Å². The van der Waals surface area contributed by atoms with Crippen LogP contribution in [0.5, 0.6) is 0 Å². The first-order valence-corrected chi connectivity index (χ1v) is 17.5. The van der Waals surface area contributed by atoms with Crippen molar-refractivity contribution in [3.8, 4) is 0 Å². The first-order chi connectivity index (χ1) is 12.5. The Balaban J connectivity index is 0.00000112. The monoisotopic (exact) mass is 496 g/mol. The van der Waals surface area contributed by atoms with Gasteiger partial charge in [0.15, 0.2) is 0 Å². The third kappa shape index (κ3) is 3.26. The number of allylic oxidation sites excluding steroid dienone is 8. The second kappa shape index (κ2) is 8.51. The Bertz CT molecular complexity index is 682. The van der Waals surface area contributed by atoms with Gasteiger partial charge in [-0.3, -0.25) is 0 Å². The summed E-state index contributed by atoms with van der Waals surface area (Å²) in [7, 11) is 0. The van der Waals surface area contributed by atoms with Crippen molar-refractivity contribution < 1.29 is 45.1 Å². The maximum absolute atomic E-state index is 2.49. The summed E-state index contributed by atoms with van der Waals surface area (Å²) < 4.78 is 5.77. The van der Waals surface area contributed by atoms with Crippen molar-refractivity contribution in [1.29, 1.82) is 0 Å². The van der Waals surface area contributed by atoms with Crippen molar-refractivity contribution in [2.45, 2.75) is 75.3 Å². The summed E-state index contributed by atoms with van der Waals surface area (Å²) in [6.07, 6.45) is 17.6. The van der Waals surface area contributed by atoms with Gasteiger partial charge in [0.05, 0.1) is 0 Å². The molecule has 0 aromatic carbocycles. The molecule has 5 aliphatic rings. The maximum Gasteiger partial charge on any atom is -1.00 e. The summed E-state index contributed by atoms with van der Waals surface area (Å²) in [6.45, 7) is 9.76. The van der Waals surface area contributed by atoms with Crippen LogP contribution in [0, 0.1) is 23.7 Å². The molecule has 3 heteroatoms. The predicted octanol–water partition coefficient (Wildman–Crippen LogP) is 1.83. The molecule has 6 atom stereocenters. The third-order valence-electron chi connectivity index (χ3n) is 9.51. The van der Waals surface area contributed by atoms with Gasteiger partial charge < -0.3 is 24.8 Å². The molecule has 4 aliphatic carbocycles. The van der Waals surface area contributed by atoms with Gasteiger partial charge in [0.1, 0.15) is 0 Å². The van der Waals surface area contributed by atoms with E-state index in [1.54, 1.807) is 49.8 Å². The van der Waals surface area contributed by atoms with E-state index in [9.17, 15) is 0 Å². The van der Waals surface area contributed by atoms with Crippen LogP contribution in [0.25, 0.3) is 0 Å². The minimum Gasteiger partial charge on any atom is -1.00 e. The number of rotatable bonds is 2. The zero-order chi connectivity index (χ0) is 18.1. The van der Waals surface area contributed by atoms with Gasteiger partial charge in [0.2, 0.25) is 0 Å². The molecule has 154 valence electrons. The van der Waals surface area contributed by atoms with Gasteiger partial charge in [-0.05, 0) is 0 Å². The summed E-state index contributed by atoms with van der Waals surface area (Å²) in [5.41, 5.74) is 6.88. The number of hydrogen-bond acceptors (Lipinski definition) is 0. The molecule has 1 heterocycles. The number of fused-ring (bicyclic) bond motifs is 2. The van der Waals surface area contributed by atoms with E-state index in [1.165, 1.54) is 12.8 Å². The molecule has 0 amide bonds. The first-order valence-electron chi connectivity index (χ1n) is 11.2. The Morgan fingerprint density at radius 2 is 1.00 bits per heavy atom. The Kier molecular flexibility index (Phi) is 7.02. The van der Waals surface area contributed by atoms with Crippen molar-refractivity contribution >= 4 is 0 Å². The predicted molar refractivity (Wildman–Crippen MR) is 109 cm³/mol. The molecule has 0 aromatic heterocycles. The van der Waals surface area contributed by atoms with Crippen LogP contribution in [0.4, 0.5) is 0 Å². The SMILES string of the molecule is CC1=CC=C(C)C2C1CC[CH]2[Zr+2]1([CH]2CCC3C(C)=CC=C(C)C32)[CH2]C[CH2]1.[Cl-].[Cl-]. The van der Waals surface area contributed by atoms with Crippen molar-refractivity contribution in [2.75, 3.05) is 0 Å². The van der Waals surface area contributed by atoms with Crippen LogP contribution in [0.15, 0.2) is 46.6 Å². The van der Waals surface area contributed by atoms with Crippen molar-refractivity contribution in [3.63, 3.8) is 0 Å². The van der Waals surface area contributed by atoms with Crippen molar-refractivity contribution in [2.24, 2.45) is 23.7 Å². The fraction of sp³-hybridized carbons (Fsp3) is 0.680. The van der Waals surface area contributed by atoms with Crippen LogP contribution in [0.3, 0.4) is 0 Å². The van der Waals surface area contributed by atoms with Crippen molar-refractivity contribution in [1.82, 2.24) is 0 Å². The Labute approximate surface area is 189 Å². The molecule has 2 saturated carbocycles. The minimum absolute atomic E-state index is 0. The molecule has 0 spiro atoms. The van der Waals surface area contributed by atoms with E-state index in [1.807, 2.05) is 0 Å². The van der Waals surface area contributed by atoms with Gasteiger partial charge in [-0.25, -0.2) is 0 Å². The van der Waals surface area contributed by atoms with Crippen LogP contribution in [-0.2, 0) is 20.3 Å². The fourth-order valence-electron chi connectivity index (χ4n) is 8.18. The molecule has 1 saturated heterocycles. The van der Waals surface area contributed by atoms with Crippen LogP contribution >= 0.6 is 0 Å². The van der Waals surface area contributed by atoms with E-state index < -0.39 is 20.3 Å². The van der Waals surface area contributed by atoms with E-state index in [2.05, 4.69) is 52.0 Å². The van der Waals surface area contributed by atoms with Crippen LogP contribution in [0.1, 0.15) is 59.8 Å².